The molecule has 4 rings (SSSR count). The predicted molar refractivity (Wildman–Crippen MR) is 98.6 cm³/mol. The first-order valence-electron chi connectivity index (χ1n) is 7.96. The second-order valence-corrected chi connectivity index (χ2v) is 6.15. The van der Waals surface area contributed by atoms with Crippen molar-refractivity contribution >= 4 is 10.9 Å². The van der Waals surface area contributed by atoms with Crippen molar-refractivity contribution in [2.45, 2.75) is 13.8 Å². The second kappa shape index (κ2) is 5.44. The Morgan fingerprint density at radius 2 is 1.22 bits per heavy atom. The Bertz CT molecular complexity index is 921. The van der Waals surface area contributed by atoms with E-state index in [1.165, 1.54) is 44.4 Å². The molecule has 0 saturated heterocycles. The highest BCUT2D eigenvalue weighted by molar-refractivity contribution is 5.87. The Balaban J connectivity index is 1.73. The number of fused-ring (bicyclic) bond motifs is 1. The van der Waals surface area contributed by atoms with E-state index < -0.39 is 0 Å². The molecule has 0 aliphatic carbocycles. The van der Waals surface area contributed by atoms with Gasteiger partial charge in [0.05, 0.1) is 0 Å². The maximum Gasteiger partial charge on any atom is 0.0464 e. The minimum atomic E-state index is 1.17. The van der Waals surface area contributed by atoms with Crippen LogP contribution in [0.25, 0.3) is 33.3 Å². The zero-order valence-corrected chi connectivity index (χ0v) is 13.4. The number of aromatic amines is 1. The summed E-state index contributed by atoms with van der Waals surface area (Å²) in [5.41, 5.74) is 8.75. The van der Waals surface area contributed by atoms with Gasteiger partial charge in [-0.05, 0) is 59.9 Å². The van der Waals surface area contributed by atoms with Gasteiger partial charge in [0.2, 0.25) is 0 Å². The van der Waals surface area contributed by atoms with Gasteiger partial charge in [-0.25, -0.2) is 0 Å². The molecule has 1 aromatic heterocycles. The summed E-state index contributed by atoms with van der Waals surface area (Å²) in [5, 5.41) is 1.27. The molecule has 3 aromatic carbocycles. The highest BCUT2D eigenvalue weighted by Gasteiger charge is 2.05. The summed E-state index contributed by atoms with van der Waals surface area (Å²) in [4.78, 5) is 3.54. The molecule has 1 heteroatoms. The molecule has 0 aliphatic heterocycles. The van der Waals surface area contributed by atoms with Gasteiger partial charge in [-0.15, -0.1) is 0 Å². The SMILES string of the molecule is Cc1cc2cc(-c3ccc(-c4ccccc4)cc3)[nH]c2cc1C. The van der Waals surface area contributed by atoms with Crippen LogP contribution in [0, 0.1) is 13.8 Å². The molecule has 0 atom stereocenters. The first-order chi connectivity index (χ1) is 11.2. The first kappa shape index (κ1) is 13.8. The van der Waals surface area contributed by atoms with Crippen LogP contribution in [0.3, 0.4) is 0 Å². The number of nitrogens with one attached hydrogen (secondary N) is 1. The highest BCUT2D eigenvalue weighted by Crippen LogP contribution is 2.28. The molecule has 0 amide bonds. The van der Waals surface area contributed by atoms with Gasteiger partial charge >= 0.3 is 0 Å². The Labute approximate surface area is 136 Å². The van der Waals surface area contributed by atoms with Crippen molar-refractivity contribution < 1.29 is 0 Å². The molecule has 0 fully saturated rings. The molecule has 0 aliphatic rings. The van der Waals surface area contributed by atoms with Gasteiger partial charge in [0.15, 0.2) is 0 Å². The number of hydrogen-bond acceptors (Lipinski definition) is 0. The lowest BCUT2D eigenvalue weighted by molar-refractivity contribution is 1.35. The summed E-state index contributed by atoms with van der Waals surface area (Å²) in [7, 11) is 0. The molecule has 112 valence electrons. The van der Waals surface area contributed by atoms with Gasteiger partial charge in [-0.3, -0.25) is 0 Å². The monoisotopic (exact) mass is 297 g/mol. The number of H-pyrrole nitrogens is 1. The van der Waals surface area contributed by atoms with Crippen molar-refractivity contribution in [1.29, 1.82) is 0 Å². The van der Waals surface area contributed by atoms with Crippen LogP contribution in [0.1, 0.15) is 11.1 Å². The number of rotatable bonds is 2. The van der Waals surface area contributed by atoms with Crippen LogP contribution in [-0.4, -0.2) is 4.98 Å². The van der Waals surface area contributed by atoms with Crippen molar-refractivity contribution in [3.05, 3.63) is 83.9 Å². The molecule has 1 N–H and O–H groups in total. The quantitative estimate of drug-likeness (QED) is 0.459. The van der Waals surface area contributed by atoms with E-state index in [1.54, 1.807) is 0 Å². The Morgan fingerprint density at radius 1 is 0.609 bits per heavy atom. The van der Waals surface area contributed by atoms with Gasteiger partial charge in [0.1, 0.15) is 0 Å². The van der Waals surface area contributed by atoms with Crippen LogP contribution in [0.5, 0.6) is 0 Å². The van der Waals surface area contributed by atoms with E-state index >= 15 is 0 Å². The second-order valence-electron chi connectivity index (χ2n) is 6.15. The van der Waals surface area contributed by atoms with E-state index in [0.29, 0.717) is 0 Å². The summed E-state index contributed by atoms with van der Waals surface area (Å²) in [5.74, 6) is 0. The topological polar surface area (TPSA) is 15.8 Å². The van der Waals surface area contributed by atoms with Crippen LogP contribution >= 0.6 is 0 Å². The number of benzene rings is 3. The number of aryl methyl sites for hydroxylation is 2. The molecule has 0 spiro atoms. The smallest absolute Gasteiger partial charge is 0.0464 e. The van der Waals surface area contributed by atoms with Crippen molar-refractivity contribution in [2.24, 2.45) is 0 Å². The standard InChI is InChI=1S/C22H19N/c1-15-12-20-14-22(23-21(20)13-16(15)2)19-10-8-18(9-11-19)17-6-4-3-5-7-17/h3-14,23H,1-2H3. The molecule has 0 saturated carbocycles. The lowest BCUT2D eigenvalue weighted by Gasteiger charge is -2.03. The maximum absolute atomic E-state index is 3.54. The van der Waals surface area contributed by atoms with E-state index in [2.05, 4.69) is 85.6 Å². The zero-order valence-electron chi connectivity index (χ0n) is 13.4. The molecule has 0 radical (unpaired) electrons. The third-order valence-corrected chi connectivity index (χ3v) is 4.54. The first-order valence-corrected chi connectivity index (χ1v) is 7.96. The van der Waals surface area contributed by atoms with Crippen LogP contribution < -0.4 is 0 Å². The summed E-state index contributed by atoms with van der Waals surface area (Å²) in [6.07, 6.45) is 0. The zero-order chi connectivity index (χ0) is 15.8. The Kier molecular flexibility index (Phi) is 3.27. The highest BCUT2D eigenvalue weighted by atomic mass is 14.7. The van der Waals surface area contributed by atoms with Gasteiger partial charge < -0.3 is 4.98 Å². The lowest BCUT2D eigenvalue weighted by atomic mass is 10.0. The molecular formula is C22H19N. The maximum atomic E-state index is 3.54. The van der Waals surface area contributed by atoms with Crippen molar-refractivity contribution in [1.82, 2.24) is 4.98 Å². The summed E-state index contributed by atoms with van der Waals surface area (Å²) in [6.45, 7) is 4.32. The molecule has 0 unspecified atom stereocenters. The molecule has 1 nitrogen and oxygen atoms in total. The lowest BCUT2D eigenvalue weighted by Crippen LogP contribution is -1.80. The summed E-state index contributed by atoms with van der Waals surface area (Å²) >= 11 is 0. The third kappa shape index (κ3) is 2.55. The fourth-order valence-electron chi connectivity index (χ4n) is 3.03. The molecular weight excluding hydrogens is 278 g/mol. The van der Waals surface area contributed by atoms with Gasteiger partial charge in [-0.2, -0.15) is 0 Å². The Hall–Kier alpha value is -2.80. The van der Waals surface area contributed by atoms with Crippen molar-refractivity contribution in [2.75, 3.05) is 0 Å². The third-order valence-electron chi connectivity index (χ3n) is 4.54. The van der Waals surface area contributed by atoms with Crippen molar-refractivity contribution in [3.63, 3.8) is 0 Å². The van der Waals surface area contributed by atoms with E-state index in [9.17, 15) is 0 Å². The normalized spacial score (nSPS) is 11.0. The fourth-order valence-corrected chi connectivity index (χ4v) is 3.03. The largest absolute Gasteiger partial charge is 0.355 e. The van der Waals surface area contributed by atoms with E-state index in [-0.39, 0.29) is 0 Å². The van der Waals surface area contributed by atoms with Crippen LogP contribution in [0.2, 0.25) is 0 Å². The van der Waals surface area contributed by atoms with Gasteiger partial charge in [-0.1, -0.05) is 54.6 Å². The van der Waals surface area contributed by atoms with E-state index in [4.69, 9.17) is 0 Å². The summed E-state index contributed by atoms with van der Waals surface area (Å²) in [6, 6.07) is 25.9. The van der Waals surface area contributed by atoms with Gasteiger partial charge in [0, 0.05) is 16.6 Å². The average Bonchev–Trinajstić information content (AvgIpc) is 2.99. The van der Waals surface area contributed by atoms with Crippen LogP contribution in [0.15, 0.2) is 72.8 Å². The fraction of sp³-hybridized carbons (Fsp3) is 0.0909. The van der Waals surface area contributed by atoms with E-state index in [0.717, 1.165) is 0 Å². The molecule has 0 bridgehead atoms. The summed E-state index contributed by atoms with van der Waals surface area (Å²) < 4.78 is 0. The predicted octanol–water partition coefficient (Wildman–Crippen LogP) is 6.12. The minimum Gasteiger partial charge on any atom is -0.355 e. The molecule has 23 heavy (non-hydrogen) atoms. The van der Waals surface area contributed by atoms with Crippen molar-refractivity contribution in [3.8, 4) is 22.4 Å². The average molecular weight is 297 g/mol. The minimum absolute atomic E-state index is 1.17. The number of aromatic nitrogens is 1. The van der Waals surface area contributed by atoms with Gasteiger partial charge in [0.25, 0.3) is 0 Å². The molecule has 1 heterocycles. The Morgan fingerprint density at radius 3 is 1.96 bits per heavy atom. The molecule has 4 aromatic rings. The number of hydrogen-bond donors (Lipinski definition) is 1. The van der Waals surface area contributed by atoms with Crippen LogP contribution in [-0.2, 0) is 0 Å². The van der Waals surface area contributed by atoms with E-state index in [1.807, 2.05) is 6.07 Å². The van der Waals surface area contributed by atoms with Crippen LogP contribution in [0.4, 0.5) is 0 Å².